The van der Waals surface area contributed by atoms with E-state index >= 15 is 0 Å². The van der Waals surface area contributed by atoms with Gasteiger partial charge < -0.3 is 34.8 Å². The van der Waals surface area contributed by atoms with Gasteiger partial charge in [0.2, 0.25) is 0 Å². The Bertz CT molecular complexity index is 238. The maximum atomic E-state index is 10.1. The van der Waals surface area contributed by atoms with Crippen molar-refractivity contribution < 1.29 is 54.3 Å². The normalized spacial score (nSPS) is 9.40. The Balaban J connectivity index is -0.000000720. The molecule has 0 radical (unpaired) electrons. The van der Waals surface area contributed by atoms with Gasteiger partial charge in [0, 0.05) is 24.8 Å². The fraction of sp³-hybridized carbons (Fsp3) is 0.500. The minimum absolute atomic E-state index is 0. The molecule has 0 rings (SSSR count). The van der Waals surface area contributed by atoms with Gasteiger partial charge in [0.25, 0.3) is 0 Å². The summed E-state index contributed by atoms with van der Waals surface area (Å²) < 4.78 is 0. The third kappa shape index (κ3) is 7.45. The molecule has 0 spiro atoms. The smallest absolute Gasteiger partial charge is 0.550 e. The number of carbonyl (C=O) groups excluding carboxylic acids is 3. The van der Waals surface area contributed by atoms with E-state index in [1.165, 1.54) is 0 Å². The molecule has 0 fully saturated rings. The largest absolute Gasteiger partial charge is 3.00 e. The van der Waals surface area contributed by atoms with Crippen molar-refractivity contribution >= 4 is 35.3 Å². The van der Waals surface area contributed by atoms with E-state index in [9.17, 15) is 29.7 Å². The average Bonchev–Trinajstić information content (AvgIpc) is 1.82. The molecule has 7 nitrogen and oxygen atoms in total. The summed E-state index contributed by atoms with van der Waals surface area (Å²) in [5.74, 6) is -5.98. The summed E-state index contributed by atoms with van der Waals surface area (Å²) in [6.07, 6.45) is -2.72. The maximum absolute atomic E-state index is 10.1. The zero-order valence-electron chi connectivity index (χ0n) is 7.60. The summed E-state index contributed by atoms with van der Waals surface area (Å²) in [4.78, 5) is 30.0. The molecule has 0 aliphatic heterocycles. The molecule has 0 unspecified atom stereocenters. The van der Waals surface area contributed by atoms with Crippen LogP contribution in [0.2, 0.25) is 0 Å². The van der Waals surface area contributed by atoms with Crippen molar-refractivity contribution in [3.63, 3.8) is 0 Å². The molecular weight excluding hydrogens is 276 g/mol. The Morgan fingerprint density at radius 3 is 1.40 bits per heavy atom. The standard InChI is InChI=1S/C6H8O7.Al.Zn/c7-3(8)1-6(13,5(11)12)2-4(9)10;;/h13H,1-2H2,(H,7,8)(H,9,10)(H,11,12);;/q;+3;+2/p-3. The molecule has 0 aromatic carbocycles. The molecular formula is C6H5AlO7Zn+2. The molecule has 0 heterocycles. The zero-order valence-corrected chi connectivity index (χ0v) is 11.7. The predicted octanol–water partition coefficient (Wildman–Crippen LogP) is -5.64. The van der Waals surface area contributed by atoms with Gasteiger partial charge in [-0.1, -0.05) is 0 Å². The summed E-state index contributed by atoms with van der Waals surface area (Å²) in [5.41, 5.74) is -2.97. The van der Waals surface area contributed by atoms with Crippen LogP contribution < -0.4 is 15.3 Å². The third-order valence-electron chi connectivity index (χ3n) is 1.25. The van der Waals surface area contributed by atoms with Gasteiger partial charge >= 0.3 is 36.8 Å². The Labute approximate surface area is 108 Å². The summed E-state index contributed by atoms with van der Waals surface area (Å²) in [6, 6.07) is 0. The van der Waals surface area contributed by atoms with Gasteiger partial charge in [-0.2, -0.15) is 0 Å². The second-order valence-electron chi connectivity index (χ2n) is 2.42. The molecule has 1 N–H and O–H groups in total. The maximum Gasteiger partial charge on any atom is 3.00 e. The summed E-state index contributed by atoms with van der Waals surface area (Å²) in [5, 5.41) is 38.9. The van der Waals surface area contributed by atoms with E-state index in [1.54, 1.807) is 0 Å². The van der Waals surface area contributed by atoms with Gasteiger partial charge in [0.15, 0.2) is 0 Å². The Morgan fingerprint density at radius 2 is 1.27 bits per heavy atom. The van der Waals surface area contributed by atoms with Gasteiger partial charge in [-0.25, -0.2) is 0 Å². The van der Waals surface area contributed by atoms with Crippen LogP contribution in [-0.2, 0) is 33.9 Å². The Morgan fingerprint density at radius 1 is 1.00 bits per heavy atom. The van der Waals surface area contributed by atoms with Gasteiger partial charge in [0.1, 0.15) is 5.60 Å². The van der Waals surface area contributed by atoms with E-state index in [2.05, 4.69) is 0 Å². The Hall–Kier alpha value is -0.474. The number of aliphatic carboxylic acids is 3. The van der Waals surface area contributed by atoms with Gasteiger partial charge in [-0.05, 0) is 0 Å². The first-order chi connectivity index (χ1) is 5.78. The molecule has 0 atom stereocenters. The van der Waals surface area contributed by atoms with Crippen molar-refractivity contribution in [1.82, 2.24) is 0 Å². The minimum Gasteiger partial charge on any atom is -0.550 e. The van der Waals surface area contributed by atoms with Crippen LogP contribution in [0.15, 0.2) is 0 Å². The molecule has 0 saturated carbocycles. The predicted molar refractivity (Wildman–Crippen MR) is 35.0 cm³/mol. The zero-order chi connectivity index (χ0) is 10.6. The fourth-order valence-corrected chi connectivity index (χ4v) is 0.684. The van der Waals surface area contributed by atoms with Crippen molar-refractivity contribution in [2.24, 2.45) is 0 Å². The van der Waals surface area contributed by atoms with E-state index in [-0.39, 0.29) is 36.8 Å². The first-order valence-corrected chi connectivity index (χ1v) is 3.11. The molecule has 0 aliphatic carbocycles. The molecule has 9 heteroatoms. The summed E-state index contributed by atoms with van der Waals surface area (Å²) >= 11 is 0. The van der Waals surface area contributed by atoms with Crippen LogP contribution in [0, 0.1) is 0 Å². The SMILES string of the molecule is O=C([O-])CC(O)(CC(=O)[O-])C(=O)[O-].[Al+3].[Zn+2]. The average molecular weight is 281 g/mol. The minimum atomic E-state index is -2.97. The third-order valence-corrected chi connectivity index (χ3v) is 1.25. The molecule has 0 amide bonds. The van der Waals surface area contributed by atoms with E-state index in [4.69, 9.17) is 5.11 Å². The van der Waals surface area contributed by atoms with Crippen LogP contribution in [0.3, 0.4) is 0 Å². The summed E-state index contributed by atoms with van der Waals surface area (Å²) in [7, 11) is 0. The van der Waals surface area contributed by atoms with E-state index in [0.717, 1.165) is 0 Å². The van der Waals surface area contributed by atoms with Crippen molar-refractivity contribution in [2.75, 3.05) is 0 Å². The second kappa shape index (κ2) is 7.77. The van der Waals surface area contributed by atoms with E-state index in [1.807, 2.05) is 0 Å². The number of carbonyl (C=O) groups is 3. The monoisotopic (exact) mass is 280 g/mol. The number of hydrogen-bond acceptors (Lipinski definition) is 7. The van der Waals surface area contributed by atoms with Crippen LogP contribution in [0.25, 0.3) is 0 Å². The molecule has 0 aromatic heterocycles. The van der Waals surface area contributed by atoms with Gasteiger partial charge in [-0.3, -0.25) is 0 Å². The number of carboxylic acid groups (broad SMARTS) is 3. The van der Waals surface area contributed by atoms with Crippen LogP contribution in [0.4, 0.5) is 0 Å². The van der Waals surface area contributed by atoms with Crippen molar-refractivity contribution in [3.8, 4) is 0 Å². The number of carboxylic acids is 3. The van der Waals surface area contributed by atoms with Gasteiger partial charge in [-0.15, -0.1) is 0 Å². The van der Waals surface area contributed by atoms with Gasteiger partial charge in [0.05, 0.1) is 5.97 Å². The molecule has 0 saturated heterocycles. The molecule has 0 bridgehead atoms. The second-order valence-corrected chi connectivity index (χ2v) is 2.42. The van der Waals surface area contributed by atoms with Crippen molar-refractivity contribution in [1.29, 1.82) is 0 Å². The van der Waals surface area contributed by atoms with Crippen LogP contribution in [0.5, 0.6) is 0 Å². The van der Waals surface area contributed by atoms with Crippen LogP contribution >= 0.6 is 0 Å². The number of rotatable bonds is 5. The summed E-state index contributed by atoms with van der Waals surface area (Å²) in [6.45, 7) is 0. The van der Waals surface area contributed by atoms with Crippen molar-refractivity contribution in [2.45, 2.75) is 18.4 Å². The number of hydrogen-bond donors (Lipinski definition) is 1. The number of aliphatic hydroxyl groups is 1. The topological polar surface area (TPSA) is 141 Å². The molecule has 74 valence electrons. The van der Waals surface area contributed by atoms with E-state index in [0.29, 0.717) is 0 Å². The first kappa shape index (κ1) is 20.0. The van der Waals surface area contributed by atoms with Crippen LogP contribution in [-0.4, -0.2) is 46.0 Å². The molecule has 15 heavy (non-hydrogen) atoms. The fourth-order valence-electron chi connectivity index (χ4n) is 0.684. The van der Waals surface area contributed by atoms with E-state index < -0.39 is 36.4 Å². The quantitative estimate of drug-likeness (QED) is 0.495. The molecule has 0 aromatic rings. The Kier molecular flexibility index (Phi) is 10.4. The van der Waals surface area contributed by atoms with Crippen LogP contribution in [0.1, 0.15) is 12.8 Å². The first-order valence-electron chi connectivity index (χ1n) is 3.11. The van der Waals surface area contributed by atoms with Crippen molar-refractivity contribution in [3.05, 3.63) is 0 Å². The molecule has 0 aliphatic rings.